The minimum absolute atomic E-state index is 0.0936. The number of nitrogens with zero attached hydrogens (tertiary/aromatic N) is 1. The SMILES string of the molecule is C/C=C\C=C/C=NCC(=O)c1cc(Br)ccc1Cl. The molecule has 0 aliphatic carbocycles. The summed E-state index contributed by atoms with van der Waals surface area (Å²) in [7, 11) is 0. The van der Waals surface area contributed by atoms with Crippen LogP contribution in [0.5, 0.6) is 0 Å². The van der Waals surface area contributed by atoms with Gasteiger partial charge in [-0.3, -0.25) is 9.79 Å². The van der Waals surface area contributed by atoms with Gasteiger partial charge in [-0.2, -0.15) is 0 Å². The Hall–Kier alpha value is -1.19. The number of Topliss-reactive ketones (excluding diaryl/α,β-unsaturated/α-hetero) is 1. The van der Waals surface area contributed by atoms with Crippen LogP contribution in [0.2, 0.25) is 5.02 Å². The first kappa shape index (κ1) is 14.9. The number of ketones is 1. The summed E-state index contributed by atoms with van der Waals surface area (Å²) in [5.74, 6) is -0.100. The maximum absolute atomic E-state index is 11.8. The summed E-state index contributed by atoms with van der Waals surface area (Å²) < 4.78 is 0.826. The lowest BCUT2D eigenvalue weighted by atomic mass is 10.1. The summed E-state index contributed by atoms with van der Waals surface area (Å²) in [5.41, 5.74) is 0.487. The number of aliphatic imine (C=N–C) groups is 1. The second-order valence-electron chi connectivity index (χ2n) is 3.45. The van der Waals surface area contributed by atoms with Gasteiger partial charge >= 0.3 is 0 Å². The molecule has 2 nitrogen and oxygen atoms in total. The zero-order valence-corrected chi connectivity index (χ0v) is 12.3. The molecule has 1 rings (SSSR count). The molecule has 0 spiro atoms. The molecule has 0 bridgehead atoms. The van der Waals surface area contributed by atoms with Gasteiger partial charge in [-0.05, 0) is 31.2 Å². The van der Waals surface area contributed by atoms with Crippen LogP contribution in [0.3, 0.4) is 0 Å². The first-order valence-corrected chi connectivity index (χ1v) is 6.58. The monoisotopic (exact) mass is 325 g/mol. The highest BCUT2D eigenvalue weighted by molar-refractivity contribution is 9.10. The number of hydrogen-bond acceptors (Lipinski definition) is 2. The van der Waals surface area contributed by atoms with Crippen LogP contribution in [-0.2, 0) is 0 Å². The Morgan fingerprint density at radius 3 is 2.89 bits per heavy atom. The van der Waals surface area contributed by atoms with Crippen molar-refractivity contribution in [1.29, 1.82) is 0 Å². The molecule has 0 fully saturated rings. The van der Waals surface area contributed by atoms with Crippen molar-refractivity contribution in [2.45, 2.75) is 6.92 Å². The van der Waals surface area contributed by atoms with Gasteiger partial charge in [-0.25, -0.2) is 0 Å². The summed E-state index contributed by atoms with van der Waals surface area (Å²) in [6, 6.07) is 5.19. The van der Waals surface area contributed by atoms with Crippen LogP contribution >= 0.6 is 27.5 Å². The predicted octanol–water partition coefficient (Wildman–Crippen LogP) is 4.49. The van der Waals surface area contributed by atoms with E-state index in [1.165, 1.54) is 0 Å². The van der Waals surface area contributed by atoms with Crippen LogP contribution in [0, 0.1) is 0 Å². The standard InChI is InChI=1S/C14H13BrClNO/c1-2-3-4-5-8-17-10-14(18)12-9-11(15)6-7-13(12)16/h2-9H,10H2,1H3/b3-2-,5-4-,17-8?. The fraction of sp³-hybridized carbons (Fsp3) is 0.143. The molecule has 0 saturated carbocycles. The van der Waals surface area contributed by atoms with Gasteiger partial charge in [0.15, 0.2) is 5.78 Å². The maximum Gasteiger partial charge on any atom is 0.185 e. The second-order valence-corrected chi connectivity index (χ2v) is 4.77. The van der Waals surface area contributed by atoms with Crippen LogP contribution in [0.15, 0.2) is 52.0 Å². The van der Waals surface area contributed by atoms with Crippen LogP contribution in [0.25, 0.3) is 0 Å². The third-order valence-electron chi connectivity index (χ3n) is 2.07. The summed E-state index contributed by atoms with van der Waals surface area (Å²) in [5, 5.41) is 0.447. The molecule has 4 heteroatoms. The molecule has 1 aromatic carbocycles. The molecule has 94 valence electrons. The first-order valence-electron chi connectivity index (χ1n) is 5.41. The average molecular weight is 327 g/mol. The third kappa shape index (κ3) is 4.98. The van der Waals surface area contributed by atoms with E-state index in [1.54, 1.807) is 30.5 Å². The lowest BCUT2D eigenvalue weighted by Gasteiger charge is -2.01. The van der Waals surface area contributed by atoms with Gasteiger partial charge in [-0.15, -0.1) is 0 Å². The third-order valence-corrected chi connectivity index (χ3v) is 2.89. The lowest BCUT2D eigenvalue weighted by Crippen LogP contribution is -2.04. The van der Waals surface area contributed by atoms with Crippen molar-refractivity contribution in [3.8, 4) is 0 Å². The van der Waals surface area contributed by atoms with E-state index in [0.29, 0.717) is 10.6 Å². The van der Waals surface area contributed by atoms with Crippen LogP contribution in [-0.4, -0.2) is 18.5 Å². The topological polar surface area (TPSA) is 29.4 Å². The van der Waals surface area contributed by atoms with Crippen molar-refractivity contribution in [1.82, 2.24) is 0 Å². The van der Waals surface area contributed by atoms with Crippen molar-refractivity contribution in [3.05, 3.63) is 57.6 Å². The number of halogens is 2. The van der Waals surface area contributed by atoms with E-state index in [9.17, 15) is 4.79 Å². The van der Waals surface area contributed by atoms with E-state index < -0.39 is 0 Å². The Kier molecular flexibility index (Phi) is 6.61. The number of benzene rings is 1. The van der Waals surface area contributed by atoms with Gasteiger partial charge in [0.1, 0.15) is 6.54 Å². The number of hydrogen-bond donors (Lipinski definition) is 0. The molecule has 0 radical (unpaired) electrons. The van der Waals surface area contributed by atoms with Crippen LogP contribution in [0.1, 0.15) is 17.3 Å². The first-order chi connectivity index (χ1) is 8.65. The molecule has 0 amide bonds. The molecule has 0 unspecified atom stereocenters. The van der Waals surface area contributed by atoms with Gasteiger partial charge in [0.05, 0.1) is 5.02 Å². The fourth-order valence-electron chi connectivity index (χ4n) is 1.22. The highest BCUT2D eigenvalue weighted by Crippen LogP contribution is 2.21. The Morgan fingerprint density at radius 2 is 2.17 bits per heavy atom. The van der Waals surface area contributed by atoms with E-state index in [-0.39, 0.29) is 12.3 Å². The highest BCUT2D eigenvalue weighted by atomic mass is 79.9. The Morgan fingerprint density at radius 1 is 1.39 bits per heavy atom. The zero-order chi connectivity index (χ0) is 13.4. The number of rotatable bonds is 5. The normalized spacial score (nSPS) is 11.9. The Balaban J connectivity index is 2.63. The number of allylic oxidation sites excluding steroid dienone is 4. The average Bonchev–Trinajstić information content (AvgIpc) is 2.36. The number of carbonyl (C=O) groups is 1. The fourth-order valence-corrected chi connectivity index (χ4v) is 1.80. The highest BCUT2D eigenvalue weighted by Gasteiger charge is 2.09. The molecule has 0 aliphatic rings. The lowest BCUT2D eigenvalue weighted by molar-refractivity contribution is 0.100. The molecule has 0 heterocycles. The summed E-state index contributed by atoms with van der Waals surface area (Å²) >= 11 is 9.26. The molecule has 18 heavy (non-hydrogen) atoms. The molecule has 0 saturated heterocycles. The largest absolute Gasteiger partial charge is 0.292 e. The molecule has 0 aromatic heterocycles. The Labute approximate surface area is 120 Å². The van der Waals surface area contributed by atoms with Gasteiger partial charge in [-0.1, -0.05) is 45.8 Å². The van der Waals surface area contributed by atoms with E-state index in [4.69, 9.17) is 11.6 Å². The Bertz CT molecular complexity index is 507. The van der Waals surface area contributed by atoms with Crippen molar-refractivity contribution < 1.29 is 4.79 Å². The summed E-state index contributed by atoms with van der Waals surface area (Å²) in [4.78, 5) is 15.9. The van der Waals surface area contributed by atoms with E-state index in [0.717, 1.165) is 4.47 Å². The summed E-state index contributed by atoms with van der Waals surface area (Å²) in [6.07, 6.45) is 9.02. The minimum atomic E-state index is -0.100. The second kappa shape index (κ2) is 8.01. The van der Waals surface area contributed by atoms with Gasteiger partial charge < -0.3 is 0 Å². The molecule has 0 aliphatic heterocycles. The van der Waals surface area contributed by atoms with E-state index >= 15 is 0 Å². The smallest absolute Gasteiger partial charge is 0.185 e. The predicted molar refractivity (Wildman–Crippen MR) is 80.8 cm³/mol. The molecule has 0 N–H and O–H groups in total. The molecule has 0 atom stereocenters. The van der Waals surface area contributed by atoms with E-state index in [1.807, 2.05) is 25.2 Å². The van der Waals surface area contributed by atoms with Gasteiger partial charge in [0, 0.05) is 16.3 Å². The van der Waals surface area contributed by atoms with Crippen molar-refractivity contribution >= 4 is 39.5 Å². The van der Waals surface area contributed by atoms with Crippen molar-refractivity contribution in [2.24, 2.45) is 4.99 Å². The van der Waals surface area contributed by atoms with Gasteiger partial charge in [0.2, 0.25) is 0 Å². The van der Waals surface area contributed by atoms with E-state index in [2.05, 4.69) is 20.9 Å². The quantitative estimate of drug-likeness (QED) is 0.445. The number of carbonyl (C=O) groups excluding carboxylic acids is 1. The van der Waals surface area contributed by atoms with Crippen LogP contribution < -0.4 is 0 Å². The summed E-state index contributed by atoms with van der Waals surface area (Å²) in [6.45, 7) is 2.02. The minimum Gasteiger partial charge on any atom is -0.292 e. The molecular formula is C14H13BrClNO. The maximum atomic E-state index is 11.8. The molecular weight excluding hydrogens is 314 g/mol. The van der Waals surface area contributed by atoms with Gasteiger partial charge in [0.25, 0.3) is 0 Å². The molecule has 1 aromatic rings. The van der Waals surface area contributed by atoms with Crippen molar-refractivity contribution in [3.63, 3.8) is 0 Å². The van der Waals surface area contributed by atoms with Crippen molar-refractivity contribution in [2.75, 3.05) is 6.54 Å². The zero-order valence-electron chi connectivity index (χ0n) is 9.94. The van der Waals surface area contributed by atoms with Crippen LogP contribution in [0.4, 0.5) is 0 Å².